The number of nitrogens with one attached hydrogen (secondary N) is 1. The fourth-order valence-electron chi connectivity index (χ4n) is 1.67. The van der Waals surface area contributed by atoms with Gasteiger partial charge in [0.25, 0.3) is 0 Å². The number of hydrogen-bond donors (Lipinski definition) is 2. The number of benzene rings is 2. The van der Waals surface area contributed by atoms with Gasteiger partial charge >= 0.3 is 0 Å². The minimum atomic E-state index is -0.877. The van der Waals surface area contributed by atoms with Gasteiger partial charge < -0.3 is 10.4 Å². The smallest absolute Gasteiger partial charge is 0.129 e. The van der Waals surface area contributed by atoms with Gasteiger partial charge in [-0.05, 0) is 34.1 Å². The molecule has 0 saturated heterocycles. The molecular formula is C14H13BrFNO. The second-order valence-corrected chi connectivity index (χ2v) is 4.75. The third-order valence-electron chi connectivity index (χ3n) is 2.62. The molecule has 0 aliphatic carbocycles. The standard InChI is InChI=1S/C14H13BrFNO/c15-11-6-2-4-8-13(11)17-9-14(18)10-5-1-3-7-12(10)16/h1-8,14,17-18H,9H2. The zero-order valence-corrected chi connectivity index (χ0v) is 11.2. The summed E-state index contributed by atoms with van der Waals surface area (Å²) in [7, 11) is 0. The van der Waals surface area contributed by atoms with Gasteiger partial charge in [-0.15, -0.1) is 0 Å². The van der Waals surface area contributed by atoms with Crippen LogP contribution in [0.2, 0.25) is 0 Å². The molecule has 0 aromatic heterocycles. The number of anilines is 1. The van der Waals surface area contributed by atoms with Gasteiger partial charge in [0.15, 0.2) is 0 Å². The highest BCUT2D eigenvalue weighted by atomic mass is 79.9. The van der Waals surface area contributed by atoms with Crippen LogP contribution in [0.3, 0.4) is 0 Å². The Bertz CT molecular complexity index is 533. The average molecular weight is 310 g/mol. The van der Waals surface area contributed by atoms with Gasteiger partial charge in [-0.3, -0.25) is 0 Å². The van der Waals surface area contributed by atoms with E-state index in [9.17, 15) is 9.50 Å². The Morgan fingerprint density at radius 1 is 1.11 bits per heavy atom. The Hall–Kier alpha value is -1.39. The predicted octanol–water partition coefficient (Wildman–Crippen LogP) is 3.73. The van der Waals surface area contributed by atoms with Crippen LogP contribution in [0.15, 0.2) is 53.0 Å². The highest BCUT2D eigenvalue weighted by Crippen LogP contribution is 2.23. The van der Waals surface area contributed by atoms with Crippen molar-refractivity contribution >= 4 is 21.6 Å². The van der Waals surface area contributed by atoms with Crippen molar-refractivity contribution in [3.05, 3.63) is 64.4 Å². The number of rotatable bonds is 4. The van der Waals surface area contributed by atoms with Gasteiger partial charge in [0.1, 0.15) is 5.82 Å². The second kappa shape index (κ2) is 5.98. The highest BCUT2D eigenvalue weighted by Gasteiger charge is 2.12. The van der Waals surface area contributed by atoms with Gasteiger partial charge in [0, 0.05) is 22.3 Å². The van der Waals surface area contributed by atoms with Crippen molar-refractivity contribution in [2.75, 3.05) is 11.9 Å². The van der Waals surface area contributed by atoms with Gasteiger partial charge in [0.05, 0.1) is 6.10 Å². The number of aliphatic hydroxyl groups excluding tert-OH is 1. The first-order valence-corrected chi connectivity index (χ1v) is 6.38. The van der Waals surface area contributed by atoms with Crippen LogP contribution in [-0.2, 0) is 0 Å². The molecule has 2 aromatic rings. The molecule has 0 radical (unpaired) electrons. The molecule has 94 valence electrons. The molecule has 0 fully saturated rings. The summed E-state index contributed by atoms with van der Waals surface area (Å²) >= 11 is 3.40. The Morgan fingerprint density at radius 2 is 1.78 bits per heavy atom. The van der Waals surface area contributed by atoms with E-state index in [0.29, 0.717) is 5.56 Å². The zero-order valence-electron chi connectivity index (χ0n) is 9.61. The van der Waals surface area contributed by atoms with Crippen LogP contribution in [0, 0.1) is 5.82 Å². The van der Waals surface area contributed by atoms with Crippen LogP contribution in [0.5, 0.6) is 0 Å². The summed E-state index contributed by atoms with van der Waals surface area (Å²) in [4.78, 5) is 0. The predicted molar refractivity (Wildman–Crippen MR) is 74.0 cm³/mol. The third-order valence-corrected chi connectivity index (χ3v) is 3.32. The van der Waals surface area contributed by atoms with E-state index < -0.39 is 6.10 Å². The average Bonchev–Trinajstić information content (AvgIpc) is 2.38. The quantitative estimate of drug-likeness (QED) is 0.902. The first-order chi connectivity index (χ1) is 8.68. The summed E-state index contributed by atoms with van der Waals surface area (Å²) in [6.07, 6.45) is -0.877. The fraction of sp³-hybridized carbons (Fsp3) is 0.143. The maximum atomic E-state index is 13.4. The molecular weight excluding hydrogens is 297 g/mol. The van der Waals surface area contributed by atoms with Crippen molar-refractivity contribution in [3.63, 3.8) is 0 Å². The van der Waals surface area contributed by atoms with Crippen LogP contribution in [0.4, 0.5) is 10.1 Å². The van der Waals surface area contributed by atoms with E-state index >= 15 is 0 Å². The van der Waals surface area contributed by atoms with E-state index in [1.807, 2.05) is 24.3 Å². The van der Waals surface area contributed by atoms with Gasteiger partial charge in [0.2, 0.25) is 0 Å². The van der Waals surface area contributed by atoms with E-state index in [1.165, 1.54) is 6.07 Å². The maximum Gasteiger partial charge on any atom is 0.129 e. The van der Waals surface area contributed by atoms with E-state index in [-0.39, 0.29) is 12.4 Å². The van der Waals surface area contributed by atoms with Crippen LogP contribution >= 0.6 is 15.9 Å². The Balaban J connectivity index is 2.03. The lowest BCUT2D eigenvalue weighted by Gasteiger charge is -2.14. The highest BCUT2D eigenvalue weighted by molar-refractivity contribution is 9.10. The largest absolute Gasteiger partial charge is 0.386 e. The molecule has 0 amide bonds. The minimum absolute atomic E-state index is 0.254. The lowest BCUT2D eigenvalue weighted by atomic mass is 10.1. The normalized spacial score (nSPS) is 12.2. The van der Waals surface area contributed by atoms with E-state index in [1.54, 1.807) is 18.2 Å². The molecule has 2 N–H and O–H groups in total. The minimum Gasteiger partial charge on any atom is -0.386 e. The number of hydrogen-bond acceptors (Lipinski definition) is 2. The van der Waals surface area contributed by atoms with Crippen molar-refractivity contribution in [2.45, 2.75) is 6.10 Å². The number of aliphatic hydroxyl groups is 1. The first-order valence-electron chi connectivity index (χ1n) is 5.59. The molecule has 2 rings (SSSR count). The van der Waals surface area contributed by atoms with Crippen LogP contribution in [0.25, 0.3) is 0 Å². The summed E-state index contributed by atoms with van der Waals surface area (Å²) in [5.74, 6) is -0.390. The molecule has 0 spiro atoms. The zero-order chi connectivity index (χ0) is 13.0. The van der Waals surface area contributed by atoms with Crippen LogP contribution < -0.4 is 5.32 Å². The molecule has 0 heterocycles. The summed E-state index contributed by atoms with van der Waals surface area (Å²) < 4.78 is 14.4. The van der Waals surface area contributed by atoms with E-state index in [2.05, 4.69) is 21.2 Å². The monoisotopic (exact) mass is 309 g/mol. The first kappa shape index (κ1) is 13.1. The molecule has 2 aromatic carbocycles. The molecule has 0 bridgehead atoms. The third kappa shape index (κ3) is 3.09. The number of para-hydroxylation sites is 1. The Morgan fingerprint density at radius 3 is 2.50 bits per heavy atom. The Labute approximate surface area is 114 Å². The molecule has 0 saturated carbocycles. The lowest BCUT2D eigenvalue weighted by Crippen LogP contribution is -2.13. The molecule has 1 atom stereocenters. The molecule has 0 aliphatic heterocycles. The lowest BCUT2D eigenvalue weighted by molar-refractivity contribution is 0.186. The summed E-state index contributed by atoms with van der Waals surface area (Å²) in [5, 5.41) is 13.0. The molecule has 18 heavy (non-hydrogen) atoms. The van der Waals surface area contributed by atoms with Crippen LogP contribution in [-0.4, -0.2) is 11.7 Å². The van der Waals surface area contributed by atoms with Gasteiger partial charge in [-0.2, -0.15) is 0 Å². The van der Waals surface area contributed by atoms with Crippen molar-refractivity contribution in [2.24, 2.45) is 0 Å². The topological polar surface area (TPSA) is 32.3 Å². The molecule has 0 aliphatic rings. The van der Waals surface area contributed by atoms with Crippen molar-refractivity contribution in [1.29, 1.82) is 0 Å². The van der Waals surface area contributed by atoms with E-state index in [4.69, 9.17) is 0 Å². The van der Waals surface area contributed by atoms with Gasteiger partial charge in [-0.1, -0.05) is 30.3 Å². The molecule has 4 heteroatoms. The fourth-order valence-corrected chi connectivity index (χ4v) is 2.09. The van der Waals surface area contributed by atoms with Crippen molar-refractivity contribution in [1.82, 2.24) is 0 Å². The summed E-state index contributed by atoms with van der Waals surface area (Å²) in [6.45, 7) is 0.254. The summed E-state index contributed by atoms with van der Waals surface area (Å²) in [5.41, 5.74) is 1.17. The second-order valence-electron chi connectivity index (χ2n) is 3.90. The summed E-state index contributed by atoms with van der Waals surface area (Å²) in [6, 6.07) is 13.8. The SMILES string of the molecule is OC(CNc1ccccc1Br)c1ccccc1F. The van der Waals surface area contributed by atoms with E-state index in [0.717, 1.165) is 10.2 Å². The number of halogens is 2. The molecule has 1 unspecified atom stereocenters. The maximum absolute atomic E-state index is 13.4. The van der Waals surface area contributed by atoms with Crippen molar-refractivity contribution in [3.8, 4) is 0 Å². The van der Waals surface area contributed by atoms with Crippen LogP contribution in [0.1, 0.15) is 11.7 Å². The van der Waals surface area contributed by atoms with Gasteiger partial charge in [-0.25, -0.2) is 4.39 Å². The van der Waals surface area contributed by atoms with Crippen molar-refractivity contribution < 1.29 is 9.50 Å². The molecule has 2 nitrogen and oxygen atoms in total. The Kier molecular flexibility index (Phi) is 4.33.